The summed E-state index contributed by atoms with van der Waals surface area (Å²) in [6.07, 6.45) is -4.43. The molecule has 0 amide bonds. The van der Waals surface area contributed by atoms with E-state index in [4.69, 9.17) is 10.5 Å². The van der Waals surface area contributed by atoms with Crippen molar-refractivity contribution >= 4 is 11.4 Å². The molecule has 0 aliphatic heterocycles. The Hall–Kier alpha value is -1.43. The zero-order valence-corrected chi connectivity index (χ0v) is 11.3. The summed E-state index contributed by atoms with van der Waals surface area (Å²) in [5, 5.41) is 0. The quantitative estimate of drug-likeness (QED) is 0.840. The highest BCUT2D eigenvalue weighted by Gasteiger charge is 2.35. The first kappa shape index (κ1) is 15.6. The Labute approximate surface area is 111 Å². The number of rotatable bonds is 5. The standard InChI is InChI=1S/C13H19F3N2O/c1-9(2)18(6-7-19-3)12-5-4-10(17)8-11(12)13(14,15)16/h4-5,8-9H,6-7,17H2,1-3H3. The molecule has 0 aliphatic carbocycles. The van der Waals surface area contributed by atoms with Gasteiger partial charge in [-0.1, -0.05) is 0 Å². The van der Waals surface area contributed by atoms with Crippen LogP contribution in [0.1, 0.15) is 19.4 Å². The lowest BCUT2D eigenvalue weighted by atomic mass is 10.1. The van der Waals surface area contributed by atoms with E-state index in [2.05, 4.69) is 0 Å². The predicted octanol–water partition coefficient (Wildman–Crippen LogP) is 3.15. The summed E-state index contributed by atoms with van der Waals surface area (Å²) in [6, 6.07) is 3.79. The molecule has 0 aromatic heterocycles. The smallest absolute Gasteiger partial charge is 0.399 e. The molecule has 0 radical (unpaired) electrons. The Balaban J connectivity index is 3.22. The highest BCUT2D eigenvalue weighted by molar-refractivity contribution is 5.61. The van der Waals surface area contributed by atoms with Crippen LogP contribution < -0.4 is 10.6 Å². The second kappa shape index (κ2) is 6.14. The van der Waals surface area contributed by atoms with Crippen molar-refractivity contribution in [2.75, 3.05) is 30.9 Å². The van der Waals surface area contributed by atoms with E-state index in [9.17, 15) is 13.2 Å². The minimum Gasteiger partial charge on any atom is -0.399 e. The van der Waals surface area contributed by atoms with Gasteiger partial charge in [0.2, 0.25) is 0 Å². The third kappa shape index (κ3) is 4.02. The maximum Gasteiger partial charge on any atom is 0.418 e. The number of alkyl halides is 3. The molecule has 0 bridgehead atoms. The molecule has 108 valence electrons. The molecule has 0 atom stereocenters. The molecule has 1 rings (SSSR count). The van der Waals surface area contributed by atoms with Crippen molar-refractivity contribution in [2.45, 2.75) is 26.1 Å². The SMILES string of the molecule is COCCN(c1ccc(N)cc1C(F)(F)F)C(C)C. The number of nitrogen functional groups attached to an aromatic ring is 1. The molecule has 6 heteroatoms. The maximum atomic E-state index is 13.1. The molecular formula is C13H19F3N2O. The van der Waals surface area contributed by atoms with Crippen molar-refractivity contribution < 1.29 is 17.9 Å². The summed E-state index contributed by atoms with van der Waals surface area (Å²) in [6.45, 7) is 4.43. The van der Waals surface area contributed by atoms with Gasteiger partial charge in [-0.2, -0.15) is 13.2 Å². The van der Waals surface area contributed by atoms with Gasteiger partial charge in [-0.05, 0) is 32.0 Å². The van der Waals surface area contributed by atoms with Crippen LogP contribution in [0.5, 0.6) is 0 Å². The third-order valence-electron chi connectivity index (χ3n) is 2.80. The maximum absolute atomic E-state index is 13.1. The van der Waals surface area contributed by atoms with Gasteiger partial charge in [0.1, 0.15) is 0 Å². The predicted molar refractivity (Wildman–Crippen MR) is 70.2 cm³/mol. The third-order valence-corrected chi connectivity index (χ3v) is 2.80. The summed E-state index contributed by atoms with van der Waals surface area (Å²) in [4.78, 5) is 1.66. The van der Waals surface area contributed by atoms with Crippen molar-refractivity contribution in [3.8, 4) is 0 Å². The normalized spacial score (nSPS) is 11.9. The van der Waals surface area contributed by atoms with Crippen molar-refractivity contribution in [3.05, 3.63) is 23.8 Å². The van der Waals surface area contributed by atoms with Crippen LogP contribution in [0.15, 0.2) is 18.2 Å². The Morgan fingerprint density at radius 1 is 1.32 bits per heavy atom. The minimum atomic E-state index is -4.43. The van der Waals surface area contributed by atoms with E-state index in [0.29, 0.717) is 13.2 Å². The van der Waals surface area contributed by atoms with Crippen LogP contribution in [0.3, 0.4) is 0 Å². The van der Waals surface area contributed by atoms with E-state index >= 15 is 0 Å². The van der Waals surface area contributed by atoms with Crippen LogP contribution in [0, 0.1) is 0 Å². The first-order valence-electron chi connectivity index (χ1n) is 5.99. The average Bonchev–Trinajstić information content (AvgIpc) is 2.29. The highest BCUT2D eigenvalue weighted by atomic mass is 19.4. The molecule has 1 aromatic rings. The van der Waals surface area contributed by atoms with E-state index < -0.39 is 11.7 Å². The number of anilines is 2. The monoisotopic (exact) mass is 276 g/mol. The summed E-state index contributed by atoms with van der Waals surface area (Å²) >= 11 is 0. The van der Waals surface area contributed by atoms with Gasteiger partial charge in [-0.25, -0.2) is 0 Å². The van der Waals surface area contributed by atoms with E-state index in [1.54, 1.807) is 4.90 Å². The van der Waals surface area contributed by atoms with Gasteiger partial charge in [0, 0.05) is 31.1 Å². The molecule has 0 saturated carbocycles. The van der Waals surface area contributed by atoms with Crippen LogP contribution in [-0.2, 0) is 10.9 Å². The Kier molecular flexibility index (Phi) is 5.05. The highest BCUT2D eigenvalue weighted by Crippen LogP contribution is 2.38. The topological polar surface area (TPSA) is 38.5 Å². The number of nitrogens with two attached hydrogens (primary N) is 1. The molecular weight excluding hydrogens is 257 g/mol. The number of nitrogens with zero attached hydrogens (tertiary/aromatic N) is 1. The number of benzene rings is 1. The molecule has 2 N–H and O–H groups in total. The van der Waals surface area contributed by atoms with Crippen molar-refractivity contribution in [2.24, 2.45) is 0 Å². The van der Waals surface area contributed by atoms with E-state index in [1.165, 1.54) is 19.2 Å². The van der Waals surface area contributed by atoms with Gasteiger partial charge in [-0.3, -0.25) is 0 Å². The van der Waals surface area contributed by atoms with Crippen molar-refractivity contribution in [1.29, 1.82) is 0 Å². The zero-order valence-electron chi connectivity index (χ0n) is 11.3. The molecule has 1 aromatic carbocycles. The van der Waals surface area contributed by atoms with Gasteiger partial charge in [0.25, 0.3) is 0 Å². The second-order valence-corrected chi connectivity index (χ2v) is 4.55. The summed E-state index contributed by atoms with van der Waals surface area (Å²) in [5.41, 5.74) is 4.98. The lowest BCUT2D eigenvalue weighted by Crippen LogP contribution is -2.35. The van der Waals surface area contributed by atoms with Crippen LogP contribution >= 0.6 is 0 Å². The van der Waals surface area contributed by atoms with Crippen LogP contribution in [-0.4, -0.2) is 26.3 Å². The Morgan fingerprint density at radius 3 is 2.42 bits per heavy atom. The minimum absolute atomic E-state index is 0.0696. The Bertz CT molecular complexity index is 419. The molecule has 0 spiro atoms. The van der Waals surface area contributed by atoms with Gasteiger partial charge in [0.05, 0.1) is 12.2 Å². The second-order valence-electron chi connectivity index (χ2n) is 4.55. The van der Waals surface area contributed by atoms with Gasteiger partial charge >= 0.3 is 6.18 Å². The van der Waals surface area contributed by atoms with Crippen molar-refractivity contribution in [1.82, 2.24) is 0 Å². The fraction of sp³-hybridized carbons (Fsp3) is 0.538. The fourth-order valence-electron chi connectivity index (χ4n) is 1.88. The molecule has 0 heterocycles. The van der Waals surface area contributed by atoms with E-state index in [-0.39, 0.29) is 17.4 Å². The van der Waals surface area contributed by atoms with Gasteiger partial charge < -0.3 is 15.4 Å². The molecule has 0 saturated heterocycles. The summed E-state index contributed by atoms with van der Waals surface area (Å²) < 4.78 is 44.1. The number of methoxy groups -OCH3 is 1. The van der Waals surface area contributed by atoms with Gasteiger partial charge in [0.15, 0.2) is 0 Å². The first-order valence-corrected chi connectivity index (χ1v) is 5.99. The fourth-order valence-corrected chi connectivity index (χ4v) is 1.88. The zero-order chi connectivity index (χ0) is 14.6. The molecule has 3 nitrogen and oxygen atoms in total. The largest absolute Gasteiger partial charge is 0.418 e. The molecule has 0 unspecified atom stereocenters. The Morgan fingerprint density at radius 2 is 1.95 bits per heavy atom. The molecule has 19 heavy (non-hydrogen) atoms. The number of hydrogen-bond acceptors (Lipinski definition) is 3. The average molecular weight is 276 g/mol. The van der Waals surface area contributed by atoms with E-state index in [0.717, 1.165) is 6.07 Å². The number of ether oxygens (including phenoxy) is 1. The van der Waals surface area contributed by atoms with Crippen molar-refractivity contribution in [3.63, 3.8) is 0 Å². The molecule has 0 fully saturated rings. The lowest BCUT2D eigenvalue weighted by molar-refractivity contribution is -0.137. The summed E-state index contributed by atoms with van der Waals surface area (Å²) in [5.74, 6) is 0. The van der Waals surface area contributed by atoms with Crippen LogP contribution in [0.2, 0.25) is 0 Å². The number of halogens is 3. The summed E-state index contributed by atoms with van der Waals surface area (Å²) in [7, 11) is 1.52. The van der Waals surface area contributed by atoms with E-state index in [1.807, 2.05) is 13.8 Å². The first-order chi connectivity index (χ1) is 8.77. The van der Waals surface area contributed by atoms with Gasteiger partial charge in [-0.15, -0.1) is 0 Å². The van der Waals surface area contributed by atoms with Crippen LogP contribution in [0.4, 0.5) is 24.5 Å². The lowest BCUT2D eigenvalue weighted by Gasteiger charge is -2.31. The number of hydrogen-bond donors (Lipinski definition) is 1. The van der Waals surface area contributed by atoms with Crippen LogP contribution in [0.25, 0.3) is 0 Å². The molecule has 0 aliphatic rings.